The van der Waals surface area contributed by atoms with E-state index in [9.17, 15) is 19.2 Å². The van der Waals surface area contributed by atoms with Crippen LogP contribution in [-0.4, -0.2) is 67.1 Å². The minimum atomic E-state index is -1.85. The third-order valence-electron chi connectivity index (χ3n) is 6.19. The number of carbonyl (C=O) groups is 4. The predicted octanol–water partition coefficient (Wildman–Crippen LogP) is 4.41. The lowest BCUT2D eigenvalue weighted by molar-refractivity contribution is -0.441. The monoisotopic (exact) mass is 691 g/mol. The number of rotatable bonds is 13. The molecule has 1 saturated heterocycles. The first-order valence-electron chi connectivity index (χ1n) is 13.9. The molecule has 250 valence electrons. The van der Waals surface area contributed by atoms with Gasteiger partial charge in [0, 0.05) is 25.3 Å². The zero-order valence-corrected chi connectivity index (χ0v) is 28.4. The minimum Gasteiger partial charge on any atom is -0.438 e. The lowest BCUT2D eigenvalue weighted by atomic mass is 9.98. The van der Waals surface area contributed by atoms with Gasteiger partial charge in [-0.15, -0.1) is 4.67 Å². The van der Waals surface area contributed by atoms with Crippen LogP contribution in [0.3, 0.4) is 0 Å². The summed E-state index contributed by atoms with van der Waals surface area (Å²) in [5.41, 5.74) is 3.83. The summed E-state index contributed by atoms with van der Waals surface area (Å²) in [7, 11) is -1.85. The van der Waals surface area contributed by atoms with E-state index in [0.29, 0.717) is 25.9 Å². The van der Waals surface area contributed by atoms with Crippen LogP contribution in [0.4, 0.5) is 0 Å². The summed E-state index contributed by atoms with van der Waals surface area (Å²) in [4.78, 5) is 56.3. The van der Waals surface area contributed by atoms with Crippen molar-refractivity contribution in [2.24, 2.45) is 16.6 Å². The van der Waals surface area contributed by atoms with Crippen LogP contribution in [0.15, 0.2) is 29.6 Å². The van der Waals surface area contributed by atoms with Gasteiger partial charge in [-0.2, -0.15) is 0 Å². The highest BCUT2D eigenvalue weighted by Crippen LogP contribution is 2.40. The van der Waals surface area contributed by atoms with Gasteiger partial charge in [0.05, 0.1) is 38.4 Å². The van der Waals surface area contributed by atoms with Crippen molar-refractivity contribution in [3.8, 4) is 0 Å². The molecule has 45 heavy (non-hydrogen) atoms. The van der Waals surface area contributed by atoms with E-state index in [1.807, 2.05) is 4.90 Å². The van der Waals surface area contributed by atoms with Crippen LogP contribution in [0.5, 0.6) is 0 Å². The van der Waals surface area contributed by atoms with Gasteiger partial charge >= 0.3 is 11.9 Å². The van der Waals surface area contributed by atoms with Gasteiger partial charge in [-0.1, -0.05) is 29.3 Å². The lowest BCUT2D eigenvalue weighted by Gasteiger charge is -2.33. The molecule has 1 atom stereocenters. The molecule has 5 N–H and O–H groups in total. The third-order valence-corrected chi connectivity index (χ3v) is 8.07. The molecular weight excluding hydrogens is 652 g/mol. The molecule has 1 aromatic rings. The van der Waals surface area contributed by atoms with E-state index in [2.05, 4.69) is 10.6 Å². The average molecular weight is 693 g/mol. The zero-order valence-electron chi connectivity index (χ0n) is 26.0. The Labute approximate surface area is 273 Å². The van der Waals surface area contributed by atoms with E-state index in [0.717, 1.165) is 6.21 Å². The standard InChI is InChI=1S/C28H40Cl2N5O9P/c1-27(2,3)25(38)40-16-41-45(44-43-42-26(39)28(4,5)6)15-35-12-10-17(11-13-35)33-24(37)22(32)20(14-31)34-23(36)21-18(29)8-7-9-19(21)30/h7-9,14,17,31H,10-13,15-16,32H2,1-6H3,(H,33,37)(H,34,36)/b22-20+,31-14?. The summed E-state index contributed by atoms with van der Waals surface area (Å²) in [5.74, 6) is -2.51. The topological polar surface area (TPSA) is 192 Å². The third kappa shape index (κ3) is 12.5. The number of nitrogens with two attached hydrogens (primary N) is 1. The van der Waals surface area contributed by atoms with Crippen LogP contribution in [0.2, 0.25) is 10.0 Å². The summed E-state index contributed by atoms with van der Waals surface area (Å²) in [6, 6.07) is 4.28. The number of esters is 1. The average Bonchev–Trinajstić information content (AvgIpc) is 2.95. The first-order valence-corrected chi connectivity index (χ1v) is 16.0. The van der Waals surface area contributed by atoms with Gasteiger partial charge in [0.15, 0.2) is 6.79 Å². The van der Waals surface area contributed by atoms with Gasteiger partial charge in [0.1, 0.15) is 5.70 Å². The van der Waals surface area contributed by atoms with Crippen molar-refractivity contribution < 1.29 is 43.0 Å². The van der Waals surface area contributed by atoms with Crippen LogP contribution < -0.4 is 16.4 Å². The van der Waals surface area contributed by atoms with Crippen molar-refractivity contribution in [2.75, 3.05) is 26.2 Å². The van der Waals surface area contributed by atoms with Gasteiger partial charge < -0.3 is 26.5 Å². The van der Waals surface area contributed by atoms with E-state index in [1.165, 1.54) is 12.1 Å². The second-order valence-corrected chi connectivity index (χ2v) is 14.2. The fraction of sp³-hybridized carbons (Fsp3) is 0.536. The number of halogens is 2. The molecule has 0 bridgehead atoms. The second kappa shape index (κ2) is 17.2. The number of hydrogen-bond donors (Lipinski definition) is 4. The van der Waals surface area contributed by atoms with Crippen LogP contribution in [-0.2, 0) is 38.2 Å². The smallest absolute Gasteiger partial charge is 0.350 e. The molecule has 1 aliphatic heterocycles. The number of ether oxygens (including phenoxy) is 1. The molecular formula is C28H40Cl2N5O9P. The summed E-state index contributed by atoms with van der Waals surface area (Å²) in [6.45, 7) is 10.7. The molecule has 0 aliphatic carbocycles. The number of likely N-dealkylation sites (tertiary alicyclic amines) is 1. The molecule has 1 heterocycles. The number of amides is 2. The number of benzene rings is 1. The van der Waals surface area contributed by atoms with Crippen molar-refractivity contribution in [1.29, 1.82) is 5.41 Å². The Morgan fingerprint density at radius 1 is 1.04 bits per heavy atom. The summed E-state index contributed by atoms with van der Waals surface area (Å²) in [5, 5.41) is 17.8. The largest absolute Gasteiger partial charge is 0.438 e. The number of nitrogens with zero attached hydrogens (tertiary/aromatic N) is 1. The number of hydrogen-bond acceptors (Lipinski definition) is 12. The van der Waals surface area contributed by atoms with E-state index < -0.39 is 49.8 Å². The normalized spacial score (nSPS) is 15.8. The first-order chi connectivity index (χ1) is 20.9. The fourth-order valence-electron chi connectivity index (χ4n) is 3.49. The Morgan fingerprint density at radius 3 is 2.16 bits per heavy atom. The first kappa shape index (κ1) is 38.3. The van der Waals surface area contributed by atoms with Crippen molar-refractivity contribution in [1.82, 2.24) is 15.5 Å². The van der Waals surface area contributed by atoms with Crippen LogP contribution in [0.25, 0.3) is 0 Å². The molecule has 0 aromatic heterocycles. The van der Waals surface area contributed by atoms with Gasteiger partial charge in [-0.05, 0) is 71.6 Å². The molecule has 14 nitrogen and oxygen atoms in total. The minimum absolute atomic E-state index is 0.0150. The summed E-state index contributed by atoms with van der Waals surface area (Å²) in [6.07, 6.45) is 2.00. The molecule has 1 aliphatic rings. The van der Waals surface area contributed by atoms with Crippen LogP contribution in [0.1, 0.15) is 64.7 Å². The molecule has 2 rings (SSSR count). The van der Waals surface area contributed by atoms with E-state index in [-0.39, 0.29) is 39.3 Å². The predicted molar refractivity (Wildman–Crippen MR) is 168 cm³/mol. The number of piperidine rings is 1. The molecule has 1 fully saturated rings. The van der Waals surface area contributed by atoms with Crippen LogP contribution in [0, 0.1) is 16.2 Å². The zero-order chi connectivity index (χ0) is 33.9. The Morgan fingerprint density at radius 2 is 1.62 bits per heavy atom. The van der Waals surface area contributed by atoms with Gasteiger partial charge in [0.25, 0.3) is 11.8 Å². The number of carbonyl (C=O) groups excluding carboxylic acids is 4. The van der Waals surface area contributed by atoms with Gasteiger partial charge in [-0.25, -0.2) is 4.79 Å². The molecule has 0 radical (unpaired) electrons. The van der Waals surface area contributed by atoms with E-state index in [1.54, 1.807) is 47.6 Å². The SMILES string of the molecule is CC(C)(C)C(=O)OCOP(CN1CCC(NC(=O)/C(N)=C(/C=N)NC(=O)c2c(Cl)cccc2Cl)CC1)OOOC(=O)C(C)(C)C. The Balaban J connectivity index is 1.95. The molecule has 1 aromatic carbocycles. The van der Waals surface area contributed by atoms with E-state index >= 15 is 0 Å². The molecule has 0 spiro atoms. The second-order valence-electron chi connectivity index (χ2n) is 12.1. The highest BCUT2D eigenvalue weighted by Gasteiger charge is 2.29. The quantitative estimate of drug-likeness (QED) is 0.0436. The molecule has 17 heteroatoms. The Kier molecular flexibility index (Phi) is 14.6. The molecule has 2 amide bonds. The fourth-order valence-corrected chi connectivity index (χ4v) is 5.11. The number of allylic oxidation sites excluding steroid dienone is 1. The molecule has 0 saturated carbocycles. The van der Waals surface area contributed by atoms with Crippen LogP contribution >= 0.6 is 31.6 Å². The van der Waals surface area contributed by atoms with Crippen molar-refractivity contribution >= 4 is 61.5 Å². The Hall–Kier alpha value is -2.84. The number of nitrogens with one attached hydrogen (secondary N) is 3. The maximum absolute atomic E-state index is 12.9. The van der Waals surface area contributed by atoms with E-state index in [4.69, 9.17) is 58.2 Å². The van der Waals surface area contributed by atoms with Crippen molar-refractivity contribution in [3.05, 3.63) is 45.2 Å². The van der Waals surface area contributed by atoms with Crippen molar-refractivity contribution in [2.45, 2.75) is 60.4 Å². The van der Waals surface area contributed by atoms with Gasteiger partial charge in [0.2, 0.25) is 8.38 Å². The molecule has 1 unspecified atom stereocenters. The van der Waals surface area contributed by atoms with Gasteiger partial charge in [-0.3, -0.25) is 28.7 Å². The summed E-state index contributed by atoms with van der Waals surface area (Å²) < 4.78 is 16.0. The Bertz CT molecular complexity index is 1220. The highest BCUT2D eigenvalue weighted by atomic mass is 35.5. The lowest BCUT2D eigenvalue weighted by Crippen LogP contribution is -2.46. The van der Waals surface area contributed by atoms with Crippen molar-refractivity contribution in [3.63, 3.8) is 0 Å². The highest BCUT2D eigenvalue weighted by molar-refractivity contribution is 7.47. The maximum Gasteiger partial charge on any atom is 0.350 e. The summed E-state index contributed by atoms with van der Waals surface area (Å²) >= 11 is 12.2. The maximum atomic E-state index is 12.9.